The van der Waals surface area contributed by atoms with Crippen LogP contribution in [0.15, 0.2) is 77.7 Å². The van der Waals surface area contributed by atoms with E-state index in [1.54, 1.807) is 48.5 Å². The molecule has 0 aliphatic rings. The van der Waals surface area contributed by atoms with Crippen LogP contribution in [0.5, 0.6) is 0 Å². The summed E-state index contributed by atoms with van der Waals surface area (Å²) in [5.74, 6) is 0. The SMILES string of the molecule is CCc1ccc(NC(=S)Nc2ccc(NS(=O)(=O)c3ccc(C)cc3)cc2)cc1. The number of anilines is 3. The van der Waals surface area contributed by atoms with Gasteiger partial charge in [0.05, 0.1) is 4.90 Å². The molecule has 0 heterocycles. The molecule has 3 aromatic rings. The third-order valence-corrected chi connectivity index (χ3v) is 5.95. The van der Waals surface area contributed by atoms with Gasteiger partial charge in [-0.25, -0.2) is 8.42 Å². The highest BCUT2D eigenvalue weighted by Crippen LogP contribution is 2.19. The van der Waals surface area contributed by atoms with Crippen LogP contribution in [0.1, 0.15) is 18.1 Å². The Labute approximate surface area is 177 Å². The minimum atomic E-state index is -3.62. The second kappa shape index (κ2) is 9.07. The van der Waals surface area contributed by atoms with Gasteiger partial charge in [-0.1, -0.05) is 36.8 Å². The van der Waals surface area contributed by atoms with Crippen LogP contribution < -0.4 is 15.4 Å². The van der Waals surface area contributed by atoms with E-state index in [0.717, 1.165) is 23.4 Å². The quantitative estimate of drug-likeness (QED) is 0.476. The van der Waals surface area contributed by atoms with Crippen LogP contribution in [0, 0.1) is 6.92 Å². The first-order valence-corrected chi connectivity index (χ1v) is 11.1. The zero-order valence-electron chi connectivity index (χ0n) is 16.3. The maximum Gasteiger partial charge on any atom is 0.261 e. The van der Waals surface area contributed by atoms with E-state index in [1.807, 2.05) is 19.1 Å². The molecule has 29 heavy (non-hydrogen) atoms. The third kappa shape index (κ3) is 5.79. The van der Waals surface area contributed by atoms with E-state index in [4.69, 9.17) is 12.2 Å². The molecule has 0 aliphatic heterocycles. The van der Waals surface area contributed by atoms with Crippen LogP contribution in [0.2, 0.25) is 0 Å². The maximum atomic E-state index is 12.5. The molecule has 3 N–H and O–H groups in total. The summed E-state index contributed by atoms with van der Waals surface area (Å²) in [4.78, 5) is 0.227. The summed E-state index contributed by atoms with van der Waals surface area (Å²) in [5.41, 5.74) is 4.40. The first-order valence-electron chi connectivity index (χ1n) is 9.22. The lowest BCUT2D eigenvalue weighted by Gasteiger charge is -2.12. The van der Waals surface area contributed by atoms with Crippen molar-refractivity contribution in [3.63, 3.8) is 0 Å². The molecule has 0 unspecified atom stereocenters. The highest BCUT2D eigenvalue weighted by Gasteiger charge is 2.13. The zero-order valence-corrected chi connectivity index (χ0v) is 17.9. The summed E-state index contributed by atoms with van der Waals surface area (Å²) in [6, 6.07) is 21.7. The first-order chi connectivity index (χ1) is 13.9. The molecule has 0 spiro atoms. The molecule has 5 nitrogen and oxygen atoms in total. The Morgan fingerprint density at radius 1 is 0.793 bits per heavy atom. The molecule has 0 aliphatic carbocycles. The number of thiocarbonyl (C=S) groups is 1. The van der Waals surface area contributed by atoms with Gasteiger partial charge in [-0.05, 0) is 79.7 Å². The van der Waals surface area contributed by atoms with Crippen molar-refractivity contribution in [2.75, 3.05) is 15.4 Å². The molecule has 0 saturated heterocycles. The van der Waals surface area contributed by atoms with Crippen LogP contribution in [0.4, 0.5) is 17.1 Å². The Kier molecular flexibility index (Phi) is 6.51. The van der Waals surface area contributed by atoms with Gasteiger partial charge in [0.1, 0.15) is 0 Å². The van der Waals surface area contributed by atoms with Crippen LogP contribution in [0.25, 0.3) is 0 Å². The predicted molar refractivity (Wildman–Crippen MR) is 124 cm³/mol. The molecule has 0 saturated carbocycles. The van der Waals surface area contributed by atoms with Crippen LogP contribution >= 0.6 is 12.2 Å². The molecule has 7 heteroatoms. The number of hydrogen-bond donors (Lipinski definition) is 3. The minimum absolute atomic E-state index is 0.227. The topological polar surface area (TPSA) is 70.2 Å². The van der Waals surface area contributed by atoms with Gasteiger partial charge in [0.25, 0.3) is 10.0 Å². The average Bonchev–Trinajstić information content (AvgIpc) is 2.70. The maximum absolute atomic E-state index is 12.5. The van der Waals surface area contributed by atoms with Gasteiger partial charge >= 0.3 is 0 Å². The van der Waals surface area contributed by atoms with Crippen molar-refractivity contribution in [1.29, 1.82) is 0 Å². The lowest BCUT2D eigenvalue weighted by molar-refractivity contribution is 0.601. The predicted octanol–water partition coefficient (Wildman–Crippen LogP) is 5.17. The van der Waals surface area contributed by atoms with Gasteiger partial charge in [0.15, 0.2) is 5.11 Å². The van der Waals surface area contributed by atoms with Gasteiger partial charge in [0, 0.05) is 17.1 Å². The van der Waals surface area contributed by atoms with Crippen LogP contribution in [-0.2, 0) is 16.4 Å². The summed E-state index contributed by atoms with van der Waals surface area (Å²) in [6.07, 6.45) is 0.989. The summed E-state index contributed by atoms with van der Waals surface area (Å²) in [5, 5.41) is 6.68. The van der Waals surface area contributed by atoms with Crippen molar-refractivity contribution >= 4 is 44.4 Å². The van der Waals surface area contributed by atoms with Crippen molar-refractivity contribution in [3.05, 3.63) is 83.9 Å². The van der Waals surface area contributed by atoms with Gasteiger partial charge < -0.3 is 10.6 Å². The Bertz CT molecular complexity index is 1080. The highest BCUT2D eigenvalue weighted by molar-refractivity contribution is 7.92. The Morgan fingerprint density at radius 2 is 1.28 bits per heavy atom. The molecule has 3 aromatic carbocycles. The van der Waals surface area contributed by atoms with Gasteiger partial charge in [-0.2, -0.15) is 0 Å². The summed E-state index contributed by atoms with van der Waals surface area (Å²) >= 11 is 5.34. The van der Waals surface area contributed by atoms with Crippen molar-refractivity contribution in [3.8, 4) is 0 Å². The molecular weight excluding hydrogens is 402 g/mol. The average molecular weight is 426 g/mol. The third-order valence-electron chi connectivity index (χ3n) is 4.35. The minimum Gasteiger partial charge on any atom is -0.332 e. The number of aryl methyl sites for hydroxylation is 2. The lowest BCUT2D eigenvalue weighted by atomic mass is 10.1. The molecule has 0 atom stereocenters. The molecule has 0 aromatic heterocycles. The highest BCUT2D eigenvalue weighted by atomic mass is 32.2. The second-order valence-electron chi connectivity index (χ2n) is 6.63. The van der Waals surface area contributed by atoms with E-state index in [0.29, 0.717) is 10.8 Å². The smallest absolute Gasteiger partial charge is 0.261 e. The van der Waals surface area contributed by atoms with Gasteiger partial charge in [-0.15, -0.1) is 0 Å². The molecule has 0 amide bonds. The summed E-state index contributed by atoms with van der Waals surface area (Å²) in [7, 11) is -3.62. The largest absolute Gasteiger partial charge is 0.332 e. The van der Waals surface area contributed by atoms with E-state index in [2.05, 4.69) is 34.4 Å². The Balaban J connectivity index is 1.60. The van der Waals surface area contributed by atoms with E-state index in [-0.39, 0.29) is 4.90 Å². The number of benzene rings is 3. The molecule has 0 bridgehead atoms. The fourth-order valence-corrected chi connectivity index (χ4v) is 3.96. The van der Waals surface area contributed by atoms with Gasteiger partial charge in [-0.3, -0.25) is 4.72 Å². The van der Waals surface area contributed by atoms with E-state index in [1.165, 1.54) is 5.56 Å². The molecule has 150 valence electrons. The number of nitrogens with one attached hydrogen (secondary N) is 3. The molecule has 0 fully saturated rings. The van der Waals surface area contributed by atoms with Gasteiger partial charge in [0.2, 0.25) is 0 Å². The molecule has 3 rings (SSSR count). The number of sulfonamides is 1. The zero-order chi connectivity index (χ0) is 20.9. The molecule has 0 radical (unpaired) electrons. The molecular formula is C22H23N3O2S2. The number of rotatable bonds is 6. The van der Waals surface area contributed by atoms with Crippen molar-refractivity contribution < 1.29 is 8.42 Å². The summed E-state index contributed by atoms with van der Waals surface area (Å²) in [6.45, 7) is 4.02. The van der Waals surface area contributed by atoms with Crippen molar-refractivity contribution in [2.24, 2.45) is 0 Å². The first kappa shape index (κ1) is 20.8. The monoisotopic (exact) mass is 425 g/mol. The van der Waals surface area contributed by atoms with Crippen LogP contribution in [0.3, 0.4) is 0 Å². The second-order valence-corrected chi connectivity index (χ2v) is 8.72. The van der Waals surface area contributed by atoms with E-state index in [9.17, 15) is 8.42 Å². The Morgan fingerprint density at radius 3 is 1.79 bits per heavy atom. The van der Waals surface area contributed by atoms with Crippen molar-refractivity contribution in [2.45, 2.75) is 25.2 Å². The summed E-state index contributed by atoms with van der Waals surface area (Å²) < 4.78 is 27.5. The number of hydrogen-bond acceptors (Lipinski definition) is 3. The Hall–Kier alpha value is -2.90. The van der Waals surface area contributed by atoms with Crippen molar-refractivity contribution in [1.82, 2.24) is 0 Å². The fourth-order valence-electron chi connectivity index (χ4n) is 2.67. The standard InChI is InChI=1S/C22H23N3O2S2/c1-3-17-6-8-18(9-7-17)23-22(28)24-19-10-12-20(13-11-19)25-29(26,27)21-14-4-16(2)5-15-21/h4-15,25H,3H2,1-2H3,(H2,23,24,28). The van der Waals surface area contributed by atoms with Crippen LogP contribution in [-0.4, -0.2) is 13.5 Å². The van der Waals surface area contributed by atoms with E-state index >= 15 is 0 Å². The normalized spacial score (nSPS) is 11.0. The lowest BCUT2D eigenvalue weighted by Crippen LogP contribution is -2.19. The fraction of sp³-hybridized carbons (Fsp3) is 0.136. The van der Waals surface area contributed by atoms with E-state index < -0.39 is 10.0 Å².